The van der Waals surface area contributed by atoms with Crippen LogP contribution in [0.3, 0.4) is 0 Å². The van der Waals surface area contributed by atoms with Gasteiger partial charge >= 0.3 is 0 Å². The molecular formula is C9H15N3O. The Morgan fingerprint density at radius 2 is 2.46 bits per heavy atom. The molecule has 0 bridgehead atoms. The lowest BCUT2D eigenvalue weighted by Crippen LogP contribution is -2.17. The minimum Gasteiger partial charge on any atom is -0.367 e. The van der Waals surface area contributed by atoms with Crippen LogP contribution in [0.15, 0.2) is 17.2 Å². The van der Waals surface area contributed by atoms with Gasteiger partial charge in [-0.3, -0.25) is 4.79 Å². The molecule has 13 heavy (non-hydrogen) atoms. The van der Waals surface area contributed by atoms with Gasteiger partial charge < -0.3 is 10.3 Å². The monoisotopic (exact) mass is 181 g/mol. The maximum Gasteiger partial charge on any atom is 0.252 e. The van der Waals surface area contributed by atoms with Crippen molar-refractivity contribution in [2.75, 3.05) is 5.32 Å². The molecule has 0 spiro atoms. The lowest BCUT2D eigenvalue weighted by molar-refractivity contribution is 0.687. The van der Waals surface area contributed by atoms with Crippen LogP contribution in [0.2, 0.25) is 0 Å². The number of anilines is 1. The lowest BCUT2D eigenvalue weighted by Gasteiger charge is -2.12. The Morgan fingerprint density at radius 3 is 3.08 bits per heavy atom. The van der Waals surface area contributed by atoms with Crippen LogP contribution in [0.5, 0.6) is 0 Å². The number of H-pyrrole nitrogens is 1. The smallest absolute Gasteiger partial charge is 0.252 e. The van der Waals surface area contributed by atoms with E-state index in [0.29, 0.717) is 11.9 Å². The highest BCUT2D eigenvalue weighted by molar-refractivity contribution is 5.32. The van der Waals surface area contributed by atoms with Gasteiger partial charge in [0.15, 0.2) is 0 Å². The summed E-state index contributed by atoms with van der Waals surface area (Å²) in [5.74, 6) is 0.643. The first-order chi connectivity index (χ1) is 6.22. The van der Waals surface area contributed by atoms with Crippen molar-refractivity contribution in [3.05, 3.63) is 22.7 Å². The molecule has 4 heteroatoms. The zero-order chi connectivity index (χ0) is 9.68. The van der Waals surface area contributed by atoms with Gasteiger partial charge in [0, 0.05) is 12.1 Å². The Morgan fingerprint density at radius 1 is 1.69 bits per heavy atom. The molecule has 0 amide bonds. The second-order valence-electron chi connectivity index (χ2n) is 3.13. The summed E-state index contributed by atoms with van der Waals surface area (Å²) >= 11 is 0. The Labute approximate surface area is 77.4 Å². The Hall–Kier alpha value is -1.32. The highest BCUT2D eigenvalue weighted by atomic mass is 16.1. The number of aromatic nitrogens is 2. The zero-order valence-electron chi connectivity index (χ0n) is 8.00. The fraction of sp³-hybridized carbons (Fsp3) is 0.556. The Balaban J connectivity index is 2.58. The van der Waals surface area contributed by atoms with Crippen LogP contribution < -0.4 is 10.9 Å². The first-order valence-corrected chi connectivity index (χ1v) is 4.53. The largest absolute Gasteiger partial charge is 0.367 e. The van der Waals surface area contributed by atoms with E-state index in [9.17, 15) is 4.79 Å². The van der Waals surface area contributed by atoms with Gasteiger partial charge in [0.2, 0.25) is 0 Å². The molecule has 0 aliphatic carbocycles. The summed E-state index contributed by atoms with van der Waals surface area (Å²) in [5, 5.41) is 3.15. The topological polar surface area (TPSA) is 57.8 Å². The van der Waals surface area contributed by atoms with Crippen LogP contribution in [-0.2, 0) is 0 Å². The van der Waals surface area contributed by atoms with Gasteiger partial charge in [0.25, 0.3) is 5.56 Å². The molecule has 1 aromatic rings. The molecule has 72 valence electrons. The summed E-state index contributed by atoms with van der Waals surface area (Å²) in [4.78, 5) is 17.4. The third kappa shape index (κ3) is 3.27. The second kappa shape index (κ2) is 4.64. The van der Waals surface area contributed by atoms with Gasteiger partial charge in [-0.15, -0.1) is 0 Å². The zero-order valence-corrected chi connectivity index (χ0v) is 8.00. The number of rotatable bonds is 4. The molecule has 0 aliphatic heterocycles. The maximum atomic E-state index is 10.9. The van der Waals surface area contributed by atoms with E-state index in [1.165, 1.54) is 12.4 Å². The third-order valence-corrected chi connectivity index (χ3v) is 1.79. The predicted octanol–water partition coefficient (Wildman–Crippen LogP) is 1.37. The molecule has 0 saturated heterocycles. The van der Waals surface area contributed by atoms with Crippen LogP contribution in [0.1, 0.15) is 26.7 Å². The predicted molar refractivity (Wildman–Crippen MR) is 52.9 cm³/mol. The van der Waals surface area contributed by atoms with Crippen LogP contribution in [0.25, 0.3) is 0 Å². The Bertz CT molecular complexity index is 308. The van der Waals surface area contributed by atoms with Crippen molar-refractivity contribution in [3.63, 3.8) is 0 Å². The van der Waals surface area contributed by atoms with Crippen molar-refractivity contribution in [1.82, 2.24) is 9.97 Å². The number of nitrogens with zero attached hydrogens (tertiary/aromatic N) is 1. The van der Waals surface area contributed by atoms with Gasteiger partial charge in [-0.25, -0.2) is 4.98 Å². The van der Waals surface area contributed by atoms with Crippen molar-refractivity contribution >= 4 is 5.82 Å². The first-order valence-electron chi connectivity index (χ1n) is 4.53. The van der Waals surface area contributed by atoms with Crippen LogP contribution >= 0.6 is 0 Å². The average molecular weight is 181 g/mol. The minimum absolute atomic E-state index is 0.124. The van der Waals surface area contributed by atoms with Gasteiger partial charge in [-0.1, -0.05) is 13.3 Å². The fourth-order valence-electron chi connectivity index (χ4n) is 1.21. The van der Waals surface area contributed by atoms with Crippen molar-refractivity contribution in [3.8, 4) is 0 Å². The minimum atomic E-state index is -0.124. The van der Waals surface area contributed by atoms with E-state index in [-0.39, 0.29) is 5.56 Å². The van der Waals surface area contributed by atoms with Crippen molar-refractivity contribution in [1.29, 1.82) is 0 Å². The van der Waals surface area contributed by atoms with Gasteiger partial charge in [0.1, 0.15) is 5.82 Å². The molecular weight excluding hydrogens is 166 g/mol. The van der Waals surface area contributed by atoms with E-state index in [1.54, 1.807) is 0 Å². The molecule has 1 rings (SSSR count). The number of hydrogen-bond acceptors (Lipinski definition) is 3. The van der Waals surface area contributed by atoms with Gasteiger partial charge in [-0.05, 0) is 13.3 Å². The molecule has 0 fully saturated rings. The quantitative estimate of drug-likeness (QED) is 0.737. The van der Waals surface area contributed by atoms with Crippen molar-refractivity contribution < 1.29 is 0 Å². The molecule has 1 unspecified atom stereocenters. The molecule has 0 aliphatic rings. The highest BCUT2D eigenvalue weighted by Gasteiger charge is 2.00. The van der Waals surface area contributed by atoms with Crippen LogP contribution in [0, 0.1) is 0 Å². The summed E-state index contributed by atoms with van der Waals surface area (Å²) in [7, 11) is 0. The highest BCUT2D eigenvalue weighted by Crippen LogP contribution is 2.03. The van der Waals surface area contributed by atoms with Crippen molar-refractivity contribution in [2.45, 2.75) is 32.7 Å². The standard InChI is InChI=1S/C9H15N3O/c1-3-4-7(2)12-8-5-9(13)11-6-10-8/h5-7H,3-4H2,1-2H3,(H2,10,11,12,13). The van der Waals surface area contributed by atoms with E-state index in [1.807, 2.05) is 0 Å². The SMILES string of the molecule is CCCC(C)Nc1cc(=O)[nH]cn1. The van der Waals surface area contributed by atoms with Crippen LogP contribution in [-0.4, -0.2) is 16.0 Å². The average Bonchev–Trinajstić information content (AvgIpc) is 2.04. The van der Waals surface area contributed by atoms with E-state index in [4.69, 9.17) is 0 Å². The molecule has 0 aromatic carbocycles. The normalized spacial score (nSPS) is 12.5. The number of aromatic amines is 1. The van der Waals surface area contributed by atoms with E-state index >= 15 is 0 Å². The fourth-order valence-corrected chi connectivity index (χ4v) is 1.21. The first kappa shape index (κ1) is 9.77. The molecule has 1 heterocycles. The van der Waals surface area contributed by atoms with Gasteiger partial charge in [-0.2, -0.15) is 0 Å². The van der Waals surface area contributed by atoms with E-state index in [0.717, 1.165) is 12.8 Å². The molecule has 2 N–H and O–H groups in total. The Kier molecular flexibility index (Phi) is 3.49. The summed E-state index contributed by atoms with van der Waals surface area (Å²) in [5.41, 5.74) is -0.124. The van der Waals surface area contributed by atoms with Crippen LogP contribution in [0.4, 0.5) is 5.82 Å². The summed E-state index contributed by atoms with van der Waals surface area (Å²) in [6, 6.07) is 1.82. The van der Waals surface area contributed by atoms with E-state index < -0.39 is 0 Å². The summed E-state index contributed by atoms with van der Waals surface area (Å²) in [6.07, 6.45) is 3.61. The molecule has 4 nitrogen and oxygen atoms in total. The second-order valence-corrected chi connectivity index (χ2v) is 3.13. The number of nitrogens with one attached hydrogen (secondary N) is 2. The summed E-state index contributed by atoms with van der Waals surface area (Å²) < 4.78 is 0. The number of hydrogen-bond donors (Lipinski definition) is 2. The summed E-state index contributed by atoms with van der Waals surface area (Å²) in [6.45, 7) is 4.20. The lowest BCUT2D eigenvalue weighted by atomic mass is 10.2. The molecule has 1 aromatic heterocycles. The molecule has 0 radical (unpaired) electrons. The van der Waals surface area contributed by atoms with Gasteiger partial charge in [0.05, 0.1) is 6.33 Å². The van der Waals surface area contributed by atoms with E-state index in [2.05, 4.69) is 29.1 Å². The maximum absolute atomic E-state index is 10.9. The third-order valence-electron chi connectivity index (χ3n) is 1.79. The van der Waals surface area contributed by atoms with Crippen molar-refractivity contribution in [2.24, 2.45) is 0 Å². The molecule has 1 atom stereocenters. The molecule has 0 saturated carbocycles.